The fourth-order valence-electron chi connectivity index (χ4n) is 3.10. The molecular weight excluding hydrogens is 332 g/mol. The van der Waals surface area contributed by atoms with Crippen LogP contribution >= 0.6 is 0 Å². The highest BCUT2D eigenvalue weighted by atomic mass is 16.2. The zero-order valence-electron chi connectivity index (χ0n) is 14.0. The Kier molecular flexibility index (Phi) is 3.69. The molecule has 3 amide bonds. The van der Waals surface area contributed by atoms with Crippen LogP contribution in [0.5, 0.6) is 0 Å². The molecule has 7 heteroatoms. The number of benzene rings is 2. The Morgan fingerprint density at radius 3 is 2.65 bits per heavy atom. The van der Waals surface area contributed by atoms with Gasteiger partial charge in [0.05, 0.1) is 0 Å². The van der Waals surface area contributed by atoms with Crippen molar-refractivity contribution in [2.24, 2.45) is 0 Å². The molecule has 7 nitrogen and oxygen atoms in total. The van der Waals surface area contributed by atoms with Crippen molar-refractivity contribution in [2.45, 2.75) is 13.5 Å². The number of hydrogen-bond donors (Lipinski definition) is 4. The van der Waals surface area contributed by atoms with Crippen molar-refractivity contribution >= 4 is 34.1 Å². The lowest BCUT2D eigenvalue weighted by atomic mass is 10.0. The van der Waals surface area contributed by atoms with Gasteiger partial charge in [0.25, 0.3) is 11.5 Å². The summed E-state index contributed by atoms with van der Waals surface area (Å²) in [6.07, 6.45) is 0. The van der Waals surface area contributed by atoms with Gasteiger partial charge in [0, 0.05) is 23.3 Å². The number of fused-ring (bicyclic) bond motifs is 2. The Morgan fingerprint density at radius 2 is 1.85 bits per heavy atom. The maximum atomic E-state index is 12.7. The molecule has 0 bridgehead atoms. The first-order chi connectivity index (χ1) is 12.5. The van der Waals surface area contributed by atoms with Crippen LogP contribution in [0.2, 0.25) is 0 Å². The molecular formula is C19H16N4O3. The highest BCUT2D eigenvalue weighted by Crippen LogP contribution is 2.24. The molecule has 4 rings (SSSR count). The van der Waals surface area contributed by atoms with Crippen molar-refractivity contribution in [3.05, 3.63) is 69.6 Å². The number of carbonyl (C=O) groups is 2. The van der Waals surface area contributed by atoms with Crippen LogP contribution < -0.4 is 21.5 Å². The smallest absolute Gasteiger partial charge is 0.319 e. The molecule has 26 heavy (non-hydrogen) atoms. The van der Waals surface area contributed by atoms with E-state index in [9.17, 15) is 14.4 Å². The molecule has 0 spiro atoms. The van der Waals surface area contributed by atoms with Gasteiger partial charge in [0.15, 0.2) is 0 Å². The Balaban J connectivity index is 1.68. The van der Waals surface area contributed by atoms with E-state index < -0.39 is 5.91 Å². The second-order valence-electron chi connectivity index (χ2n) is 6.13. The number of rotatable bonds is 2. The van der Waals surface area contributed by atoms with E-state index in [1.54, 1.807) is 31.2 Å². The number of carbonyl (C=O) groups excluding carboxylic acids is 2. The van der Waals surface area contributed by atoms with Gasteiger partial charge in [-0.15, -0.1) is 0 Å². The summed E-state index contributed by atoms with van der Waals surface area (Å²) in [5.41, 5.74) is 2.72. The first-order valence-electron chi connectivity index (χ1n) is 8.13. The fourth-order valence-corrected chi connectivity index (χ4v) is 3.10. The quantitative estimate of drug-likeness (QED) is 0.572. The van der Waals surface area contributed by atoms with Crippen molar-refractivity contribution < 1.29 is 9.59 Å². The van der Waals surface area contributed by atoms with Crippen LogP contribution in [0.4, 0.5) is 16.2 Å². The summed E-state index contributed by atoms with van der Waals surface area (Å²) in [4.78, 5) is 39.0. The lowest BCUT2D eigenvalue weighted by Gasteiger charge is -2.19. The van der Waals surface area contributed by atoms with Crippen LogP contribution in [-0.2, 0) is 6.54 Å². The van der Waals surface area contributed by atoms with Gasteiger partial charge in [-0.2, -0.15) is 0 Å². The number of hydrogen-bond acceptors (Lipinski definition) is 3. The number of H-pyrrole nitrogens is 1. The number of amides is 3. The Hall–Kier alpha value is -3.61. The minimum absolute atomic E-state index is 0.220. The predicted octanol–water partition coefficient (Wildman–Crippen LogP) is 2.72. The van der Waals surface area contributed by atoms with Crippen LogP contribution in [0.1, 0.15) is 21.6 Å². The number of aromatic nitrogens is 1. The molecule has 0 unspecified atom stereocenters. The predicted molar refractivity (Wildman–Crippen MR) is 99.6 cm³/mol. The molecule has 0 saturated carbocycles. The molecule has 0 fully saturated rings. The molecule has 1 aromatic heterocycles. The molecule has 0 atom stereocenters. The third-order valence-electron chi connectivity index (χ3n) is 4.47. The maximum Gasteiger partial charge on any atom is 0.319 e. The zero-order valence-corrected chi connectivity index (χ0v) is 14.0. The summed E-state index contributed by atoms with van der Waals surface area (Å²) in [7, 11) is 0. The van der Waals surface area contributed by atoms with Crippen LogP contribution in [0.3, 0.4) is 0 Å². The van der Waals surface area contributed by atoms with Gasteiger partial charge in [-0.1, -0.05) is 24.3 Å². The molecule has 1 aliphatic rings. The molecule has 0 radical (unpaired) electrons. The Labute approximate surface area is 148 Å². The van der Waals surface area contributed by atoms with Crippen LogP contribution in [0.25, 0.3) is 10.8 Å². The first-order valence-corrected chi connectivity index (χ1v) is 8.13. The van der Waals surface area contributed by atoms with E-state index in [1.807, 2.05) is 18.2 Å². The van der Waals surface area contributed by atoms with Crippen molar-refractivity contribution in [3.8, 4) is 0 Å². The summed E-state index contributed by atoms with van der Waals surface area (Å²) in [6, 6.07) is 12.2. The van der Waals surface area contributed by atoms with E-state index in [-0.39, 0.29) is 17.3 Å². The van der Waals surface area contributed by atoms with Crippen molar-refractivity contribution in [1.29, 1.82) is 0 Å². The van der Waals surface area contributed by atoms with Gasteiger partial charge < -0.3 is 20.9 Å². The monoisotopic (exact) mass is 348 g/mol. The molecule has 2 aromatic carbocycles. The molecule has 4 N–H and O–H groups in total. The first kappa shape index (κ1) is 15.9. The SMILES string of the molecule is Cc1c(C(=O)Nc2ccc3c(c2)NC(=O)NC3)[nH]c(=O)c2ccccc12. The summed E-state index contributed by atoms with van der Waals surface area (Å²) < 4.78 is 0. The minimum atomic E-state index is -0.412. The normalized spacial score (nSPS) is 12.9. The van der Waals surface area contributed by atoms with E-state index in [2.05, 4.69) is 20.9 Å². The van der Waals surface area contributed by atoms with Gasteiger partial charge in [0.1, 0.15) is 5.69 Å². The number of urea groups is 1. The van der Waals surface area contributed by atoms with Crippen LogP contribution in [-0.4, -0.2) is 16.9 Å². The number of pyridine rings is 1. The lowest BCUT2D eigenvalue weighted by molar-refractivity contribution is 0.102. The van der Waals surface area contributed by atoms with Crippen LogP contribution in [0, 0.1) is 6.92 Å². The number of aryl methyl sites for hydroxylation is 1. The second-order valence-corrected chi connectivity index (χ2v) is 6.13. The third kappa shape index (κ3) is 2.69. The highest BCUT2D eigenvalue weighted by molar-refractivity contribution is 6.07. The molecule has 0 saturated heterocycles. The van der Waals surface area contributed by atoms with E-state index >= 15 is 0 Å². The van der Waals surface area contributed by atoms with E-state index in [0.717, 1.165) is 10.9 Å². The van der Waals surface area contributed by atoms with E-state index in [0.29, 0.717) is 28.9 Å². The maximum absolute atomic E-state index is 12.7. The molecule has 130 valence electrons. The Morgan fingerprint density at radius 1 is 1.08 bits per heavy atom. The van der Waals surface area contributed by atoms with Gasteiger partial charge in [-0.25, -0.2) is 4.79 Å². The van der Waals surface area contributed by atoms with Gasteiger partial charge in [0.2, 0.25) is 0 Å². The largest absolute Gasteiger partial charge is 0.334 e. The molecule has 3 aromatic rings. The second kappa shape index (κ2) is 6.03. The third-order valence-corrected chi connectivity index (χ3v) is 4.47. The van der Waals surface area contributed by atoms with Crippen molar-refractivity contribution in [3.63, 3.8) is 0 Å². The minimum Gasteiger partial charge on any atom is -0.334 e. The number of nitrogens with one attached hydrogen (secondary N) is 4. The standard InChI is InChI=1S/C19H16N4O3/c1-10-13-4-2-3-5-14(13)17(24)23-16(10)18(25)21-12-7-6-11-9-20-19(26)22-15(11)8-12/h2-8H,9H2,1H3,(H,21,25)(H,23,24)(H2,20,22,26). The topological polar surface area (TPSA) is 103 Å². The van der Waals surface area contributed by atoms with E-state index in [1.165, 1.54) is 0 Å². The Bertz CT molecular complexity index is 1120. The summed E-state index contributed by atoms with van der Waals surface area (Å²) in [6.45, 7) is 2.23. The average molecular weight is 348 g/mol. The van der Waals surface area contributed by atoms with E-state index in [4.69, 9.17) is 0 Å². The molecule has 0 aliphatic carbocycles. The van der Waals surface area contributed by atoms with Gasteiger partial charge >= 0.3 is 6.03 Å². The zero-order chi connectivity index (χ0) is 18.3. The highest BCUT2D eigenvalue weighted by Gasteiger charge is 2.17. The van der Waals surface area contributed by atoms with Gasteiger partial charge in [-0.05, 0) is 41.6 Å². The van der Waals surface area contributed by atoms with Gasteiger partial charge in [-0.3, -0.25) is 9.59 Å². The average Bonchev–Trinajstić information content (AvgIpc) is 2.64. The lowest BCUT2D eigenvalue weighted by Crippen LogP contribution is -2.33. The molecule has 2 heterocycles. The summed E-state index contributed by atoms with van der Waals surface area (Å²) in [5, 5.41) is 9.44. The van der Waals surface area contributed by atoms with Crippen LogP contribution in [0.15, 0.2) is 47.3 Å². The number of aromatic amines is 1. The fraction of sp³-hybridized carbons (Fsp3) is 0.105. The van der Waals surface area contributed by atoms with Crippen molar-refractivity contribution in [1.82, 2.24) is 10.3 Å². The molecule has 1 aliphatic heterocycles. The number of anilines is 2. The summed E-state index contributed by atoms with van der Waals surface area (Å²) in [5.74, 6) is -0.412. The summed E-state index contributed by atoms with van der Waals surface area (Å²) >= 11 is 0. The van der Waals surface area contributed by atoms with Crippen molar-refractivity contribution in [2.75, 3.05) is 10.6 Å².